The molecule has 3 aliphatic rings. The number of aryl methyl sites for hydroxylation is 1. The van der Waals surface area contributed by atoms with Crippen LogP contribution in [0.25, 0.3) is 21.5 Å². The van der Waals surface area contributed by atoms with Crippen molar-refractivity contribution in [2.45, 2.75) is 59.3 Å². The van der Waals surface area contributed by atoms with E-state index in [1.54, 1.807) is 0 Å². The fraction of sp³-hybridized carbons (Fsp3) is 0.191. The van der Waals surface area contributed by atoms with E-state index in [0.29, 0.717) is 0 Å². The maximum atomic E-state index is 7.18. The van der Waals surface area contributed by atoms with Gasteiger partial charge in [-0.2, -0.15) is 0 Å². The van der Waals surface area contributed by atoms with Gasteiger partial charge in [0, 0.05) is 0 Å². The molecule has 250 valence electrons. The number of nitrogens with zero attached hydrogens (tertiary/aromatic N) is 2. The van der Waals surface area contributed by atoms with Crippen molar-refractivity contribution < 1.29 is 4.74 Å². The standard InChI is InChI=1S/C47H41N2O.Sb/c1-31-24-38-28-39(25-31)49(37-22-18-35(19-23-37)47(5,6)7)45-30-41(27-33-13-9-11-15-43(33)45)50-40-26-32-12-8-10-14-42(32)44(29-40)48(38)36-20-16-34(17-21-36)46(2,3)4;/h8-27H,1-7H3;. The van der Waals surface area contributed by atoms with Crippen LogP contribution in [-0.2, 0) is 10.8 Å². The van der Waals surface area contributed by atoms with Crippen molar-refractivity contribution in [1.82, 2.24) is 0 Å². The normalized spacial score (nSPS) is 14.6. The Bertz CT molecular complexity index is 2410. The van der Waals surface area contributed by atoms with E-state index in [2.05, 4.69) is 180 Å². The van der Waals surface area contributed by atoms with E-state index >= 15 is 0 Å². The van der Waals surface area contributed by atoms with Crippen LogP contribution in [0.3, 0.4) is 0 Å². The Morgan fingerprint density at radius 3 is 1.31 bits per heavy atom. The zero-order valence-electron chi connectivity index (χ0n) is 30.3. The zero-order valence-corrected chi connectivity index (χ0v) is 32.8. The number of fused-ring (bicyclic) bond motifs is 4. The van der Waals surface area contributed by atoms with Crippen LogP contribution in [0.4, 0.5) is 34.1 Å². The van der Waals surface area contributed by atoms with Crippen molar-refractivity contribution in [3.05, 3.63) is 138 Å². The van der Waals surface area contributed by atoms with Gasteiger partial charge < -0.3 is 0 Å². The molecule has 0 aromatic heterocycles. The van der Waals surface area contributed by atoms with Gasteiger partial charge in [0.15, 0.2) is 0 Å². The van der Waals surface area contributed by atoms with E-state index < -0.39 is 20.2 Å². The third-order valence-corrected chi connectivity index (χ3v) is 18.5. The number of anilines is 6. The van der Waals surface area contributed by atoms with Gasteiger partial charge in [0.05, 0.1) is 0 Å². The third kappa shape index (κ3) is 4.50. The summed E-state index contributed by atoms with van der Waals surface area (Å²) in [6.45, 7) is 16.0. The summed E-state index contributed by atoms with van der Waals surface area (Å²) in [7, 11) is 0. The first-order chi connectivity index (χ1) is 24.5. The fourth-order valence-corrected chi connectivity index (χ4v) is 16.9. The van der Waals surface area contributed by atoms with E-state index in [4.69, 9.17) is 4.74 Å². The molecule has 0 aliphatic carbocycles. The summed E-state index contributed by atoms with van der Waals surface area (Å²) in [6, 6.07) is 45.9. The van der Waals surface area contributed by atoms with Crippen molar-refractivity contribution in [3.8, 4) is 11.5 Å². The molecule has 0 saturated heterocycles. The Hall–Kier alpha value is -4.72. The number of hydrogen-bond donors (Lipinski definition) is 0. The third-order valence-electron chi connectivity index (χ3n) is 10.9. The molecule has 3 heterocycles. The molecular weight excluding hydrogens is 730 g/mol. The summed E-state index contributed by atoms with van der Waals surface area (Å²) in [5, 5.41) is 4.98. The number of rotatable bonds is 2. The molecule has 0 bridgehead atoms. The van der Waals surface area contributed by atoms with Crippen molar-refractivity contribution in [2.75, 3.05) is 9.80 Å². The minimum atomic E-state index is -2.73. The van der Waals surface area contributed by atoms with E-state index in [1.165, 1.54) is 82.9 Å². The number of benzene rings is 7. The Balaban J connectivity index is 1.34. The monoisotopic (exact) mass is 770 g/mol. The van der Waals surface area contributed by atoms with Gasteiger partial charge in [-0.15, -0.1) is 0 Å². The van der Waals surface area contributed by atoms with E-state index in [9.17, 15) is 0 Å². The molecule has 0 N–H and O–H groups in total. The predicted octanol–water partition coefficient (Wildman–Crippen LogP) is 11.1. The molecule has 3 nitrogen and oxygen atoms in total. The topological polar surface area (TPSA) is 15.7 Å². The van der Waals surface area contributed by atoms with Gasteiger partial charge in [0.1, 0.15) is 0 Å². The van der Waals surface area contributed by atoms with Crippen LogP contribution < -0.4 is 25.1 Å². The van der Waals surface area contributed by atoms with Gasteiger partial charge in [-0.3, -0.25) is 0 Å². The average molecular weight is 772 g/mol. The van der Waals surface area contributed by atoms with Crippen LogP contribution in [0.1, 0.15) is 58.2 Å². The Morgan fingerprint density at radius 2 is 0.902 bits per heavy atom. The first-order valence-electron chi connectivity index (χ1n) is 18.0. The van der Waals surface area contributed by atoms with Crippen LogP contribution in [0.5, 0.6) is 11.5 Å². The van der Waals surface area contributed by atoms with Gasteiger partial charge in [-0.25, -0.2) is 0 Å². The summed E-state index contributed by atoms with van der Waals surface area (Å²) in [4.78, 5) is 5.14. The first kappa shape index (κ1) is 31.0. The number of ether oxygens (including phenoxy) is 1. The van der Waals surface area contributed by atoms with Crippen LogP contribution in [0, 0.1) is 6.92 Å². The summed E-state index contributed by atoms with van der Waals surface area (Å²) < 4.78 is 11.6. The van der Waals surface area contributed by atoms with Gasteiger partial charge in [0.2, 0.25) is 0 Å². The molecule has 7 aromatic carbocycles. The Kier molecular flexibility index (Phi) is 6.49. The van der Waals surface area contributed by atoms with Crippen molar-refractivity contribution in [2.24, 2.45) is 0 Å². The molecule has 4 heteroatoms. The second-order valence-electron chi connectivity index (χ2n) is 16.4. The molecule has 0 saturated carbocycles. The summed E-state index contributed by atoms with van der Waals surface area (Å²) in [5.74, 6) is 2.05. The average Bonchev–Trinajstić information content (AvgIpc) is 3.10. The van der Waals surface area contributed by atoms with Gasteiger partial charge >= 0.3 is 310 Å². The van der Waals surface area contributed by atoms with Crippen molar-refractivity contribution >= 4 is 86.4 Å². The number of hydrogen-bond acceptors (Lipinski definition) is 3. The molecule has 10 rings (SSSR count). The van der Waals surface area contributed by atoms with E-state index in [1.807, 2.05) is 0 Å². The second-order valence-corrected chi connectivity index (χ2v) is 22.2. The van der Waals surface area contributed by atoms with Crippen LogP contribution >= 0.6 is 0 Å². The molecule has 0 unspecified atom stereocenters. The van der Waals surface area contributed by atoms with E-state index in [0.717, 1.165) is 11.5 Å². The molecular formula is C47H41N2OSb. The van der Waals surface area contributed by atoms with Gasteiger partial charge in [-0.1, -0.05) is 0 Å². The Labute approximate surface area is 308 Å². The SMILES string of the molecule is Cc1cc2[c]3c(c1)N(c1ccc(C(C)(C)C)cc1)c1[c]4c(cc5ccccc15)Oc1cc5ccccc5c([c]1[Sb]34)N2c1ccc(C(C)(C)C)cc1. The molecule has 3 aliphatic heterocycles. The molecule has 0 spiro atoms. The first-order valence-corrected chi connectivity index (χ1v) is 21.9. The molecule has 7 aromatic rings. The van der Waals surface area contributed by atoms with E-state index in [-0.39, 0.29) is 10.8 Å². The molecule has 51 heavy (non-hydrogen) atoms. The van der Waals surface area contributed by atoms with Crippen molar-refractivity contribution in [3.63, 3.8) is 0 Å². The fourth-order valence-electron chi connectivity index (χ4n) is 8.39. The molecule has 0 amide bonds. The predicted molar refractivity (Wildman–Crippen MR) is 218 cm³/mol. The summed E-state index contributed by atoms with van der Waals surface area (Å²) in [6.07, 6.45) is 0. The second kappa shape index (κ2) is 10.7. The molecule has 0 fully saturated rings. The molecule has 0 radical (unpaired) electrons. The Morgan fingerprint density at radius 1 is 0.490 bits per heavy atom. The summed E-state index contributed by atoms with van der Waals surface area (Å²) in [5.41, 5.74) is 11.7. The van der Waals surface area contributed by atoms with Crippen LogP contribution in [-0.4, -0.2) is 20.2 Å². The maximum absolute atomic E-state index is 7.18. The summed E-state index contributed by atoms with van der Waals surface area (Å²) >= 11 is -2.73. The molecule has 0 atom stereocenters. The quantitative estimate of drug-likeness (QED) is 0.163. The van der Waals surface area contributed by atoms with Crippen LogP contribution in [0.2, 0.25) is 0 Å². The van der Waals surface area contributed by atoms with Crippen molar-refractivity contribution in [1.29, 1.82) is 0 Å². The van der Waals surface area contributed by atoms with Crippen LogP contribution in [0.15, 0.2) is 121 Å². The van der Waals surface area contributed by atoms with Gasteiger partial charge in [0.25, 0.3) is 0 Å². The minimum absolute atomic E-state index is 0.0710. The zero-order chi connectivity index (χ0) is 35.0. The van der Waals surface area contributed by atoms with Gasteiger partial charge in [-0.05, 0) is 0 Å².